The van der Waals surface area contributed by atoms with Crippen LogP contribution in [0.2, 0.25) is 0 Å². The molecule has 3 aromatic rings. The molecular formula is C30H34N4O3. The van der Waals surface area contributed by atoms with Gasteiger partial charge in [-0.3, -0.25) is 14.5 Å². The van der Waals surface area contributed by atoms with Crippen molar-refractivity contribution in [2.24, 2.45) is 5.92 Å². The van der Waals surface area contributed by atoms with E-state index >= 15 is 0 Å². The highest BCUT2D eigenvalue weighted by molar-refractivity contribution is 5.93. The highest BCUT2D eigenvalue weighted by Gasteiger charge is 2.31. The number of hydrogen-bond acceptors (Lipinski definition) is 5. The summed E-state index contributed by atoms with van der Waals surface area (Å²) < 4.78 is 0. The number of rotatable bonds is 6. The lowest BCUT2D eigenvalue weighted by atomic mass is 10.0. The van der Waals surface area contributed by atoms with Crippen LogP contribution < -0.4 is 10.2 Å². The molecule has 3 aromatic carbocycles. The number of likely N-dealkylation sites (tertiary alicyclic amines) is 1. The van der Waals surface area contributed by atoms with Crippen LogP contribution in [0.1, 0.15) is 12.0 Å². The Hall–Kier alpha value is -3.84. The highest BCUT2D eigenvalue weighted by atomic mass is 16.3. The maximum atomic E-state index is 13.0. The fraction of sp³-hybridized carbons (Fsp3) is 0.333. The number of nitrogens with one attached hydrogen (secondary N) is 1. The first-order valence-electron chi connectivity index (χ1n) is 13.0. The van der Waals surface area contributed by atoms with Gasteiger partial charge in [0.2, 0.25) is 11.8 Å². The summed E-state index contributed by atoms with van der Waals surface area (Å²) in [5.74, 6) is 0.167. The number of phenolic OH excluding ortho intramolecular Hbond substituents is 1. The van der Waals surface area contributed by atoms with Crippen molar-refractivity contribution < 1.29 is 14.7 Å². The lowest BCUT2D eigenvalue weighted by Gasteiger charge is -2.37. The van der Waals surface area contributed by atoms with Crippen molar-refractivity contribution in [3.63, 3.8) is 0 Å². The maximum Gasteiger partial charge on any atom is 0.236 e. The van der Waals surface area contributed by atoms with Crippen molar-refractivity contribution in [3.8, 4) is 16.9 Å². The fourth-order valence-corrected chi connectivity index (χ4v) is 5.19. The molecule has 1 unspecified atom stereocenters. The summed E-state index contributed by atoms with van der Waals surface area (Å²) in [5, 5.41) is 12.6. The molecule has 192 valence electrons. The first-order valence-corrected chi connectivity index (χ1v) is 13.0. The summed E-state index contributed by atoms with van der Waals surface area (Å²) in [4.78, 5) is 32.1. The summed E-state index contributed by atoms with van der Waals surface area (Å²) in [5.41, 5.74) is 4.99. The molecule has 2 saturated heterocycles. The average Bonchev–Trinajstić information content (AvgIpc) is 3.40. The zero-order valence-electron chi connectivity index (χ0n) is 21.3. The molecule has 7 heteroatoms. The Morgan fingerprint density at radius 3 is 2.41 bits per heavy atom. The van der Waals surface area contributed by atoms with E-state index in [4.69, 9.17) is 0 Å². The second kappa shape index (κ2) is 11.0. The number of amides is 2. The Bertz CT molecular complexity index is 1250. The van der Waals surface area contributed by atoms with Gasteiger partial charge in [-0.25, -0.2) is 0 Å². The summed E-state index contributed by atoms with van der Waals surface area (Å²) in [6, 6.07) is 24.0. The third kappa shape index (κ3) is 5.94. The molecule has 0 aliphatic carbocycles. The van der Waals surface area contributed by atoms with Crippen LogP contribution in [0.15, 0.2) is 72.8 Å². The summed E-state index contributed by atoms with van der Waals surface area (Å²) in [6.45, 7) is 6.49. The Morgan fingerprint density at radius 1 is 0.892 bits per heavy atom. The molecule has 1 atom stereocenters. The second-order valence-corrected chi connectivity index (χ2v) is 10.00. The Morgan fingerprint density at radius 2 is 1.65 bits per heavy atom. The summed E-state index contributed by atoms with van der Waals surface area (Å²) >= 11 is 0. The number of carbonyl (C=O) groups is 2. The molecule has 37 heavy (non-hydrogen) atoms. The first kappa shape index (κ1) is 24.8. The van der Waals surface area contributed by atoms with Gasteiger partial charge >= 0.3 is 0 Å². The highest BCUT2D eigenvalue weighted by Crippen LogP contribution is 2.26. The SMILES string of the molecule is Cc1cc(NC(=O)C2CCN(CC(=O)N3CCN(c4cccc(-c5ccccc5)c4)CC3)C2)ccc1O. The number of anilines is 2. The standard InChI is InChI=1S/C30H34N4O3/c1-22-18-26(10-11-28(22)35)31-30(37)25-12-13-32(20-25)21-29(36)34-16-14-33(15-17-34)27-9-5-8-24(19-27)23-6-3-2-4-7-23/h2-11,18-19,25,35H,12-17,20-21H2,1H3,(H,31,37). The first-order chi connectivity index (χ1) is 18.0. The van der Waals surface area contributed by atoms with Crippen molar-refractivity contribution >= 4 is 23.2 Å². The van der Waals surface area contributed by atoms with Gasteiger partial charge in [-0.1, -0.05) is 42.5 Å². The molecule has 2 fully saturated rings. The zero-order valence-corrected chi connectivity index (χ0v) is 21.3. The number of piperazine rings is 1. The Kier molecular flexibility index (Phi) is 7.42. The molecule has 0 radical (unpaired) electrons. The van der Waals surface area contributed by atoms with Gasteiger partial charge in [0, 0.05) is 44.1 Å². The van der Waals surface area contributed by atoms with Crippen molar-refractivity contribution in [3.05, 3.63) is 78.4 Å². The molecule has 0 saturated carbocycles. The minimum absolute atomic E-state index is 0.0358. The topological polar surface area (TPSA) is 76.1 Å². The molecule has 0 spiro atoms. The van der Waals surface area contributed by atoms with E-state index < -0.39 is 0 Å². The van der Waals surface area contributed by atoms with Crippen LogP contribution in [0.3, 0.4) is 0 Å². The van der Waals surface area contributed by atoms with Crippen LogP contribution in [0, 0.1) is 12.8 Å². The number of carbonyl (C=O) groups excluding carboxylic acids is 2. The van der Waals surface area contributed by atoms with E-state index in [0.29, 0.717) is 31.9 Å². The number of phenols is 1. The molecule has 2 N–H and O–H groups in total. The van der Waals surface area contributed by atoms with Gasteiger partial charge in [0.05, 0.1) is 12.5 Å². The van der Waals surface area contributed by atoms with Crippen LogP contribution in [-0.2, 0) is 9.59 Å². The molecule has 5 rings (SSSR count). The number of hydrogen-bond donors (Lipinski definition) is 2. The third-order valence-electron chi connectivity index (χ3n) is 7.42. The van der Waals surface area contributed by atoms with Crippen molar-refractivity contribution in [1.29, 1.82) is 0 Å². The Balaban J connectivity index is 1.09. The Labute approximate surface area is 218 Å². The third-order valence-corrected chi connectivity index (χ3v) is 7.42. The molecule has 2 aliphatic heterocycles. The van der Waals surface area contributed by atoms with E-state index in [1.807, 2.05) is 11.0 Å². The van der Waals surface area contributed by atoms with E-state index in [2.05, 4.69) is 63.6 Å². The molecule has 0 aromatic heterocycles. The predicted molar refractivity (Wildman–Crippen MR) is 147 cm³/mol. The minimum atomic E-state index is -0.143. The monoisotopic (exact) mass is 498 g/mol. The number of benzene rings is 3. The van der Waals surface area contributed by atoms with E-state index in [1.54, 1.807) is 25.1 Å². The number of nitrogens with zero attached hydrogens (tertiary/aromatic N) is 3. The molecule has 7 nitrogen and oxygen atoms in total. The van der Waals surface area contributed by atoms with Gasteiger partial charge in [-0.15, -0.1) is 0 Å². The molecule has 0 bridgehead atoms. The maximum absolute atomic E-state index is 13.0. The predicted octanol–water partition coefficient (Wildman–Crippen LogP) is 3.98. The van der Waals surface area contributed by atoms with Gasteiger partial charge in [0.25, 0.3) is 0 Å². The van der Waals surface area contributed by atoms with Crippen LogP contribution in [0.5, 0.6) is 5.75 Å². The van der Waals surface area contributed by atoms with Gasteiger partial charge in [0.1, 0.15) is 5.75 Å². The van der Waals surface area contributed by atoms with E-state index in [1.165, 1.54) is 16.8 Å². The molecular weight excluding hydrogens is 464 g/mol. The van der Waals surface area contributed by atoms with Gasteiger partial charge in [-0.05, 0) is 66.9 Å². The van der Waals surface area contributed by atoms with Crippen molar-refractivity contribution in [2.45, 2.75) is 13.3 Å². The molecule has 2 aliphatic rings. The van der Waals surface area contributed by atoms with Gasteiger partial charge < -0.3 is 20.2 Å². The minimum Gasteiger partial charge on any atom is -0.508 e. The summed E-state index contributed by atoms with van der Waals surface area (Å²) in [7, 11) is 0. The second-order valence-electron chi connectivity index (χ2n) is 10.00. The quantitative estimate of drug-likeness (QED) is 0.503. The van der Waals surface area contributed by atoms with E-state index in [-0.39, 0.29) is 23.5 Å². The van der Waals surface area contributed by atoms with Crippen LogP contribution in [0.25, 0.3) is 11.1 Å². The smallest absolute Gasteiger partial charge is 0.236 e. The van der Waals surface area contributed by atoms with Crippen LogP contribution >= 0.6 is 0 Å². The average molecular weight is 499 g/mol. The van der Waals surface area contributed by atoms with E-state index in [9.17, 15) is 14.7 Å². The van der Waals surface area contributed by atoms with Crippen molar-refractivity contribution in [1.82, 2.24) is 9.80 Å². The summed E-state index contributed by atoms with van der Waals surface area (Å²) in [6.07, 6.45) is 0.738. The molecule has 2 heterocycles. The van der Waals surface area contributed by atoms with Crippen LogP contribution in [-0.4, -0.2) is 72.5 Å². The van der Waals surface area contributed by atoms with Gasteiger partial charge in [-0.2, -0.15) is 0 Å². The van der Waals surface area contributed by atoms with Crippen molar-refractivity contribution in [2.75, 3.05) is 56.0 Å². The normalized spacial score (nSPS) is 18.1. The largest absolute Gasteiger partial charge is 0.508 e. The lowest BCUT2D eigenvalue weighted by molar-refractivity contribution is -0.132. The zero-order chi connectivity index (χ0) is 25.8. The lowest BCUT2D eigenvalue weighted by Crippen LogP contribution is -2.51. The van der Waals surface area contributed by atoms with Crippen LogP contribution in [0.4, 0.5) is 11.4 Å². The molecule has 2 amide bonds. The fourth-order valence-electron chi connectivity index (χ4n) is 5.19. The van der Waals surface area contributed by atoms with E-state index in [0.717, 1.165) is 31.6 Å². The number of aryl methyl sites for hydroxylation is 1. The number of aromatic hydroxyl groups is 1. The van der Waals surface area contributed by atoms with Gasteiger partial charge in [0.15, 0.2) is 0 Å².